The molecule has 3 rings (SSSR count). The molecule has 0 aliphatic carbocycles. The van der Waals surface area contributed by atoms with Crippen molar-refractivity contribution in [3.63, 3.8) is 0 Å². The highest BCUT2D eigenvalue weighted by molar-refractivity contribution is 6.32. The van der Waals surface area contributed by atoms with Gasteiger partial charge in [-0.3, -0.25) is 14.6 Å². The Morgan fingerprint density at radius 1 is 1.38 bits per heavy atom. The molecule has 2 aliphatic heterocycles. The molecule has 132 valence electrons. The Labute approximate surface area is 147 Å². The van der Waals surface area contributed by atoms with Crippen molar-refractivity contribution in [3.05, 3.63) is 28.8 Å². The van der Waals surface area contributed by atoms with Gasteiger partial charge in [-0.2, -0.15) is 0 Å². The van der Waals surface area contributed by atoms with E-state index in [0.717, 1.165) is 38.3 Å². The quantitative estimate of drug-likeness (QED) is 0.859. The predicted octanol–water partition coefficient (Wildman–Crippen LogP) is 1.11. The number of carbonyl (C=O) groups is 1. The number of nitrogens with zero attached hydrogens (tertiary/aromatic N) is 2. The lowest BCUT2D eigenvalue weighted by Crippen LogP contribution is -2.63. The predicted molar refractivity (Wildman–Crippen MR) is 92.2 cm³/mol. The van der Waals surface area contributed by atoms with Gasteiger partial charge in [-0.15, -0.1) is 0 Å². The summed E-state index contributed by atoms with van der Waals surface area (Å²) in [6, 6.07) is 5.88. The molecule has 7 heteroatoms. The summed E-state index contributed by atoms with van der Waals surface area (Å²) >= 11 is 6.19. The molecule has 2 fully saturated rings. The molecule has 2 saturated heterocycles. The number of benzene rings is 1. The molecule has 24 heavy (non-hydrogen) atoms. The molecule has 0 radical (unpaired) electrons. The van der Waals surface area contributed by atoms with Crippen LogP contribution in [0.1, 0.15) is 12.0 Å². The summed E-state index contributed by atoms with van der Waals surface area (Å²) in [6.07, 6.45) is 0.691. The molecule has 1 unspecified atom stereocenters. The van der Waals surface area contributed by atoms with E-state index in [1.54, 1.807) is 7.11 Å². The fraction of sp³-hybridized carbons (Fsp3) is 0.588. The smallest absolute Gasteiger partial charge is 0.240 e. The first-order valence-electron chi connectivity index (χ1n) is 8.22. The van der Waals surface area contributed by atoms with Gasteiger partial charge >= 0.3 is 0 Å². The molecule has 1 amide bonds. The number of piperazine rings is 1. The van der Waals surface area contributed by atoms with Crippen LogP contribution in [0.4, 0.5) is 0 Å². The summed E-state index contributed by atoms with van der Waals surface area (Å²) < 4.78 is 10.6. The van der Waals surface area contributed by atoms with Gasteiger partial charge in [-0.05, 0) is 17.7 Å². The van der Waals surface area contributed by atoms with E-state index in [1.165, 1.54) is 0 Å². The average molecular weight is 354 g/mol. The maximum absolute atomic E-state index is 12.0. The molecule has 6 nitrogen and oxygen atoms in total. The molecule has 1 aromatic carbocycles. The standard InChI is InChI=1S/C17H24ClN3O3/c1-23-15-3-2-13(10-14(15)18)11-20-5-7-21(8-6-20)17(16(19)22)4-9-24-12-17/h2-3,10H,4-9,11-12H2,1H3,(H2,19,22). The van der Waals surface area contributed by atoms with Crippen molar-refractivity contribution in [2.24, 2.45) is 5.73 Å². The highest BCUT2D eigenvalue weighted by Crippen LogP contribution is 2.28. The molecular formula is C17H24ClN3O3. The van der Waals surface area contributed by atoms with E-state index < -0.39 is 5.54 Å². The fourth-order valence-corrected chi connectivity index (χ4v) is 3.83. The van der Waals surface area contributed by atoms with Gasteiger partial charge in [-0.25, -0.2) is 0 Å². The topological polar surface area (TPSA) is 68.0 Å². The summed E-state index contributed by atoms with van der Waals surface area (Å²) in [5.74, 6) is 0.422. The van der Waals surface area contributed by atoms with Crippen LogP contribution in [0.15, 0.2) is 18.2 Å². The van der Waals surface area contributed by atoms with Gasteiger partial charge in [0.15, 0.2) is 0 Å². The number of ether oxygens (including phenoxy) is 2. The second-order valence-corrected chi connectivity index (χ2v) is 6.84. The molecule has 1 aromatic rings. The number of methoxy groups -OCH3 is 1. The van der Waals surface area contributed by atoms with Crippen LogP contribution < -0.4 is 10.5 Å². The third-order valence-electron chi connectivity index (χ3n) is 5.06. The zero-order valence-corrected chi connectivity index (χ0v) is 14.7. The Balaban J connectivity index is 1.59. The van der Waals surface area contributed by atoms with E-state index in [0.29, 0.717) is 30.4 Å². The van der Waals surface area contributed by atoms with Crippen LogP contribution in [0.25, 0.3) is 0 Å². The fourth-order valence-electron chi connectivity index (χ4n) is 3.55. The zero-order chi connectivity index (χ0) is 17.2. The van der Waals surface area contributed by atoms with Crippen molar-refractivity contribution < 1.29 is 14.3 Å². The van der Waals surface area contributed by atoms with Gasteiger partial charge in [0.1, 0.15) is 11.3 Å². The van der Waals surface area contributed by atoms with Crippen LogP contribution in [0.3, 0.4) is 0 Å². The van der Waals surface area contributed by atoms with Crippen LogP contribution >= 0.6 is 11.6 Å². The zero-order valence-electron chi connectivity index (χ0n) is 14.0. The first-order valence-corrected chi connectivity index (χ1v) is 8.60. The van der Waals surface area contributed by atoms with Gasteiger partial charge < -0.3 is 15.2 Å². The van der Waals surface area contributed by atoms with Crippen LogP contribution in [0.2, 0.25) is 5.02 Å². The van der Waals surface area contributed by atoms with E-state index in [9.17, 15) is 4.79 Å². The Bertz CT molecular complexity index is 597. The number of amides is 1. The average Bonchev–Trinajstić information content (AvgIpc) is 3.07. The van der Waals surface area contributed by atoms with E-state index >= 15 is 0 Å². The highest BCUT2D eigenvalue weighted by atomic mass is 35.5. The minimum Gasteiger partial charge on any atom is -0.495 e. The number of hydrogen-bond donors (Lipinski definition) is 1. The third-order valence-corrected chi connectivity index (χ3v) is 5.35. The first-order chi connectivity index (χ1) is 11.5. The number of primary amides is 1. The Morgan fingerprint density at radius 3 is 2.67 bits per heavy atom. The molecule has 0 aromatic heterocycles. The van der Waals surface area contributed by atoms with Crippen molar-refractivity contribution in [2.45, 2.75) is 18.5 Å². The Morgan fingerprint density at radius 2 is 2.12 bits per heavy atom. The first kappa shape index (κ1) is 17.5. The number of rotatable bonds is 5. The third kappa shape index (κ3) is 3.37. The summed E-state index contributed by atoms with van der Waals surface area (Å²) in [5, 5.41) is 0.629. The summed E-state index contributed by atoms with van der Waals surface area (Å²) in [6.45, 7) is 5.26. The SMILES string of the molecule is COc1ccc(CN2CCN(C3(C(N)=O)CCOC3)CC2)cc1Cl. The lowest BCUT2D eigenvalue weighted by atomic mass is 9.94. The van der Waals surface area contributed by atoms with Crippen LogP contribution in [-0.4, -0.2) is 67.7 Å². The van der Waals surface area contributed by atoms with Crippen molar-refractivity contribution in [1.82, 2.24) is 9.80 Å². The van der Waals surface area contributed by atoms with E-state index in [1.807, 2.05) is 18.2 Å². The highest BCUT2D eigenvalue weighted by Gasteiger charge is 2.46. The molecule has 0 saturated carbocycles. The second kappa shape index (κ2) is 7.27. The second-order valence-electron chi connectivity index (χ2n) is 6.43. The van der Waals surface area contributed by atoms with E-state index in [2.05, 4.69) is 9.80 Å². The number of halogens is 1. The normalized spacial score (nSPS) is 25.8. The molecule has 0 spiro atoms. The van der Waals surface area contributed by atoms with Gasteiger partial charge in [0.25, 0.3) is 0 Å². The Kier molecular flexibility index (Phi) is 5.30. The maximum Gasteiger partial charge on any atom is 0.240 e. The molecule has 2 aliphatic rings. The lowest BCUT2D eigenvalue weighted by Gasteiger charge is -2.43. The molecular weight excluding hydrogens is 330 g/mol. The van der Waals surface area contributed by atoms with Crippen molar-refractivity contribution in [2.75, 3.05) is 46.5 Å². The number of hydrogen-bond acceptors (Lipinski definition) is 5. The largest absolute Gasteiger partial charge is 0.495 e. The minimum absolute atomic E-state index is 0.268. The maximum atomic E-state index is 12.0. The number of nitrogens with two attached hydrogens (primary N) is 1. The van der Waals surface area contributed by atoms with Crippen molar-refractivity contribution in [1.29, 1.82) is 0 Å². The van der Waals surface area contributed by atoms with Gasteiger partial charge in [0.2, 0.25) is 5.91 Å². The van der Waals surface area contributed by atoms with Gasteiger partial charge in [0.05, 0.1) is 18.7 Å². The monoisotopic (exact) mass is 353 g/mol. The van der Waals surface area contributed by atoms with Gasteiger partial charge in [0, 0.05) is 45.8 Å². The van der Waals surface area contributed by atoms with Crippen LogP contribution in [0, 0.1) is 0 Å². The van der Waals surface area contributed by atoms with Gasteiger partial charge in [-0.1, -0.05) is 17.7 Å². The summed E-state index contributed by atoms with van der Waals surface area (Å²) in [7, 11) is 1.61. The van der Waals surface area contributed by atoms with E-state index in [-0.39, 0.29) is 5.91 Å². The van der Waals surface area contributed by atoms with Crippen molar-refractivity contribution in [3.8, 4) is 5.75 Å². The van der Waals surface area contributed by atoms with Crippen molar-refractivity contribution >= 4 is 17.5 Å². The Hall–Kier alpha value is -1.34. The minimum atomic E-state index is -0.616. The summed E-state index contributed by atoms with van der Waals surface area (Å²) in [4.78, 5) is 16.5. The summed E-state index contributed by atoms with van der Waals surface area (Å²) in [5.41, 5.74) is 6.21. The van der Waals surface area contributed by atoms with Crippen LogP contribution in [-0.2, 0) is 16.1 Å². The molecule has 0 bridgehead atoms. The molecule has 2 heterocycles. The molecule has 2 N–H and O–H groups in total. The molecule has 1 atom stereocenters. The number of carbonyl (C=O) groups excluding carboxylic acids is 1. The van der Waals surface area contributed by atoms with Crippen LogP contribution in [0.5, 0.6) is 5.75 Å². The lowest BCUT2D eigenvalue weighted by molar-refractivity contribution is -0.132. The van der Waals surface area contributed by atoms with E-state index in [4.69, 9.17) is 26.8 Å².